The molecule has 1 amide bonds. The number of hydrogen-bond donors (Lipinski definition) is 4. The first-order valence-electron chi connectivity index (χ1n) is 8.82. The summed E-state index contributed by atoms with van der Waals surface area (Å²) in [5.41, 5.74) is 6.16. The van der Waals surface area contributed by atoms with Crippen LogP contribution in [-0.4, -0.2) is 55.4 Å². The summed E-state index contributed by atoms with van der Waals surface area (Å²) in [6, 6.07) is 0.275. The van der Waals surface area contributed by atoms with Crippen molar-refractivity contribution in [2.45, 2.75) is 69.3 Å². The zero-order valence-corrected chi connectivity index (χ0v) is 15.8. The average molecular weight is 378 g/mol. The van der Waals surface area contributed by atoms with Crippen LogP contribution in [0.2, 0.25) is 0 Å². The first-order chi connectivity index (χ1) is 11.9. The molecule has 1 aliphatic heterocycles. The summed E-state index contributed by atoms with van der Waals surface area (Å²) in [7, 11) is 1.61. The summed E-state index contributed by atoms with van der Waals surface area (Å²) in [4.78, 5) is 17.1. The van der Waals surface area contributed by atoms with Crippen molar-refractivity contribution in [2.24, 2.45) is 10.9 Å². The maximum atomic E-state index is 13.8. The first-order valence-corrected chi connectivity index (χ1v) is 9.26. The van der Waals surface area contributed by atoms with Gasteiger partial charge >= 0.3 is 0 Å². The third-order valence-electron chi connectivity index (χ3n) is 4.46. The second-order valence-electron chi connectivity index (χ2n) is 6.95. The summed E-state index contributed by atoms with van der Waals surface area (Å²) in [5.74, 6) is -0.226. The van der Waals surface area contributed by atoms with Crippen LogP contribution in [0, 0.1) is 5.92 Å². The number of halogens is 2. The molecular weight excluding hydrogens is 349 g/mol. The SMILES string of the molecule is COC[C@H](C)N/C(=N/C1CC(C)NN1)NC(=O)C1CCC(Cl)C(F)C1. The fourth-order valence-electron chi connectivity index (χ4n) is 3.10. The van der Waals surface area contributed by atoms with Gasteiger partial charge in [0, 0.05) is 31.5 Å². The van der Waals surface area contributed by atoms with Crippen molar-refractivity contribution in [3.63, 3.8) is 0 Å². The normalized spacial score (nSPS) is 34.6. The maximum Gasteiger partial charge on any atom is 0.229 e. The minimum atomic E-state index is -1.14. The number of methoxy groups -OCH3 is 1. The third-order valence-corrected chi connectivity index (χ3v) is 4.95. The molecule has 2 fully saturated rings. The number of amides is 1. The van der Waals surface area contributed by atoms with Crippen LogP contribution in [0.15, 0.2) is 4.99 Å². The molecule has 1 saturated heterocycles. The van der Waals surface area contributed by atoms with E-state index >= 15 is 0 Å². The number of carbonyl (C=O) groups excluding carboxylic acids is 1. The Balaban J connectivity index is 1.99. The number of rotatable bonds is 5. The van der Waals surface area contributed by atoms with E-state index in [-0.39, 0.29) is 30.5 Å². The number of guanidine groups is 1. The molecular formula is C16H29ClFN5O2. The highest BCUT2D eigenvalue weighted by molar-refractivity contribution is 6.21. The Morgan fingerprint density at radius 1 is 1.40 bits per heavy atom. The van der Waals surface area contributed by atoms with Crippen molar-refractivity contribution in [1.82, 2.24) is 21.5 Å². The molecule has 4 N–H and O–H groups in total. The highest BCUT2D eigenvalue weighted by atomic mass is 35.5. The van der Waals surface area contributed by atoms with E-state index in [2.05, 4.69) is 26.5 Å². The molecule has 1 heterocycles. The van der Waals surface area contributed by atoms with E-state index < -0.39 is 11.5 Å². The second kappa shape index (κ2) is 9.66. The number of carbonyl (C=O) groups is 1. The van der Waals surface area contributed by atoms with Crippen LogP contribution >= 0.6 is 11.6 Å². The molecule has 0 aromatic rings. The molecule has 1 saturated carbocycles. The van der Waals surface area contributed by atoms with Crippen molar-refractivity contribution in [3.8, 4) is 0 Å². The highest BCUT2D eigenvalue weighted by Gasteiger charge is 2.33. The van der Waals surface area contributed by atoms with Crippen LogP contribution in [0.3, 0.4) is 0 Å². The lowest BCUT2D eigenvalue weighted by atomic mass is 9.87. The summed E-state index contributed by atoms with van der Waals surface area (Å²) in [6.07, 6.45) is 0.771. The minimum Gasteiger partial charge on any atom is -0.383 e. The van der Waals surface area contributed by atoms with Gasteiger partial charge in [-0.15, -0.1) is 11.6 Å². The molecule has 7 nitrogen and oxygen atoms in total. The summed E-state index contributed by atoms with van der Waals surface area (Å²) in [6.45, 7) is 4.46. The quantitative estimate of drug-likeness (QED) is 0.327. The standard InChI is InChI=1S/C16H29ClFN5O2/c1-9-6-14(23-22-9)20-16(19-10(2)8-25-3)21-15(24)11-4-5-12(17)13(18)7-11/h9-14,22-23H,4-8H2,1-3H3,(H2,19,20,21,24)/t9?,10-,11?,12?,13?,14?/m0/s1. The Bertz CT molecular complexity index is 481. The summed E-state index contributed by atoms with van der Waals surface area (Å²) in [5, 5.41) is 5.48. The second-order valence-corrected chi connectivity index (χ2v) is 7.51. The molecule has 5 unspecified atom stereocenters. The number of hydrazine groups is 1. The number of aliphatic imine (C=N–C) groups is 1. The zero-order valence-electron chi connectivity index (χ0n) is 15.0. The summed E-state index contributed by atoms with van der Waals surface area (Å²) >= 11 is 5.90. The molecule has 6 atom stereocenters. The van der Waals surface area contributed by atoms with Crippen molar-refractivity contribution >= 4 is 23.5 Å². The molecule has 0 aromatic heterocycles. The fourth-order valence-corrected chi connectivity index (χ4v) is 3.33. The molecule has 144 valence electrons. The van der Waals surface area contributed by atoms with Gasteiger partial charge in [-0.1, -0.05) is 0 Å². The predicted octanol–water partition coefficient (Wildman–Crippen LogP) is 1.04. The largest absolute Gasteiger partial charge is 0.383 e. The van der Waals surface area contributed by atoms with E-state index in [1.165, 1.54) is 0 Å². The molecule has 25 heavy (non-hydrogen) atoms. The highest BCUT2D eigenvalue weighted by Crippen LogP contribution is 2.30. The molecule has 0 spiro atoms. The van der Waals surface area contributed by atoms with Gasteiger partial charge in [0.25, 0.3) is 0 Å². The number of ether oxygens (including phenoxy) is 1. The third kappa shape index (κ3) is 6.36. The van der Waals surface area contributed by atoms with Crippen LogP contribution < -0.4 is 21.5 Å². The molecule has 2 aliphatic rings. The lowest BCUT2D eigenvalue weighted by Crippen LogP contribution is -2.50. The van der Waals surface area contributed by atoms with Gasteiger partial charge in [-0.25, -0.2) is 14.8 Å². The first kappa shape index (κ1) is 20.4. The Kier molecular flexibility index (Phi) is 7.86. The van der Waals surface area contributed by atoms with Crippen LogP contribution in [0.25, 0.3) is 0 Å². The molecule has 2 rings (SSSR count). The summed E-state index contributed by atoms with van der Waals surface area (Å²) < 4.78 is 18.9. The van der Waals surface area contributed by atoms with Gasteiger partial charge in [0.1, 0.15) is 12.3 Å². The Morgan fingerprint density at radius 3 is 2.76 bits per heavy atom. The monoisotopic (exact) mass is 377 g/mol. The van der Waals surface area contributed by atoms with Gasteiger partial charge in [-0.05, 0) is 33.1 Å². The van der Waals surface area contributed by atoms with Crippen molar-refractivity contribution < 1.29 is 13.9 Å². The number of alkyl halides is 2. The smallest absolute Gasteiger partial charge is 0.229 e. The number of nitrogens with zero attached hydrogens (tertiary/aromatic N) is 1. The lowest BCUT2D eigenvalue weighted by molar-refractivity contribution is -0.125. The Hall–Kier alpha value is -0.960. The van der Waals surface area contributed by atoms with Crippen LogP contribution in [-0.2, 0) is 9.53 Å². The van der Waals surface area contributed by atoms with E-state index in [9.17, 15) is 9.18 Å². The predicted molar refractivity (Wildman–Crippen MR) is 96.1 cm³/mol. The molecule has 0 bridgehead atoms. The minimum absolute atomic E-state index is 0.0247. The molecule has 9 heteroatoms. The van der Waals surface area contributed by atoms with Crippen molar-refractivity contribution in [3.05, 3.63) is 0 Å². The fraction of sp³-hybridized carbons (Fsp3) is 0.875. The topological polar surface area (TPSA) is 86.8 Å². The van der Waals surface area contributed by atoms with Crippen molar-refractivity contribution in [2.75, 3.05) is 13.7 Å². The van der Waals surface area contributed by atoms with Gasteiger partial charge in [0.05, 0.1) is 12.0 Å². The average Bonchev–Trinajstić information content (AvgIpc) is 2.95. The Morgan fingerprint density at radius 2 is 2.16 bits per heavy atom. The number of nitrogens with one attached hydrogen (secondary N) is 4. The van der Waals surface area contributed by atoms with Crippen LogP contribution in [0.1, 0.15) is 39.5 Å². The van der Waals surface area contributed by atoms with E-state index in [0.29, 0.717) is 31.4 Å². The van der Waals surface area contributed by atoms with E-state index in [1.807, 2.05) is 13.8 Å². The van der Waals surface area contributed by atoms with E-state index in [0.717, 1.165) is 6.42 Å². The van der Waals surface area contributed by atoms with Gasteiger partial charge in [0.2, 0.25) is 5.91 Å². The van der Waals surface area contributed by atoms with Crippen LogP contribution in [0.5, 0.6) is 0 Å². The van der Waals surface area contributed by atoms with Gasteiger partial charge < -0.3 is 10.1 Å². The molecule has 1 aliphatic carbocycles. The van der Waals surface area contributed by atoms with Gasteiger partial charge in [-0.2, -0.15) is 0 Å². The number of hydrogen-bond acceptors (Lipinski definition) is 5. The lowest BCUT2D eigenvalue weighted by Gasteiger charge is -2.28. The van der Waals surface area contributed by atoms with E-state index in [4.69, 9.17) is 16.3 Å². The van der Waals surface area contributed by atoms with Crippen LogP contribution in [0.4, 0.5) is 4.39 Å². The van der Waals surface area contributed by atoms with E-state index in [1.54, 1.807) is 7.11 Å². The van der Waals surface area contributed by atoms with Gasteiger partial charge in [-0.3, -0.25) is 15.5 Å². The van der Waals surface area contributed by atoms with Crippen molar-refractivity contribution in [1.29, 1.82) is 0 Å². The zero-order chi connectivity index (χ0) is 18.4. The Labute approximate surface area is 153 Å². The van der Waals surface area contributed by atoms with Gasteiger partial charge in [0.15, 0.2) is 5.96 Å². The molecule has 0 aromatic carbocycles. The molecule has 0 radical (unpaired) electrons. The maximum absolute atomic E-state index is 13.8.